The molecular formula is C18H15BN2O5. The second-order valence-corrected chi connectivity index (χ2v) is 6.16. The zero-order chi connectivity index (χ0) is 19.3. The Labute approximate surface area is 149 Å². The third-order valence-electron chi connectivity index (χ3n) is 4.25. The molecule has 3 rings (SSSR count). The topological polar surface area (TPSA) is 130 Å². The first-order valence-electron chi connectivity index (χ1n) is 7.69. The van der Waals surface area contributed by atoms with E-state index < -0.39 is 23.2 Å². The van der Waals surface area contributed by atoms with Crippen LogP contribution in [-0.4, -0.2) is 35.5 Å². The predicted molar refractivity (Wildman–Crippen MR) is 99.1 cm³/mol. The van der Waals surface area contributed by atoms with Crippen molar-refractivity contribution in [2.75, 3.05) is 11.1 Å². The number of nitrogen functional groups attached to an aromatic ring is 1. The molecule has 0 spiro atoms. The van der Waals surface area contributed by atoms with Crippen molar-refractivity contribution in [3.8, 4) is 11.5 Å². The lowest BCUT2D eigenvalue weighted by Gasteiger charge is -2.24. The third-order valence-corrected chi connectivity index (χ3v) is 4.25. The summed E-state index contributed by atoms with van der Waals surface area (Å²) in [7, 11) is 1.53. The molecule has 0 aliphatic heterocycles. The van der Waals surface area contributed by atoms with Crippen molar-refractivity contribution < 1.29 is 24.6 Å². The number of phenolic OH excluding ortho intramolecular Hbond substituents is 2. The highest BCUT2D eigenvalue weighted by Gasteiger charge is 2.38. The van der Waals surface area contributed by atoms with Crippen molar-refractivity contribution in [2.45, 2.75) is 6.92 Å². The van der Waals surface area contributed by atoms with Crippen molar-refractivity contribution >= 4 is 42.2 Å². The number of benzene rings is 2. The molecule has 2 aromatic carbocycles. The molecule has 1 aliphatic carbocycles. The van der Waals surface area contributed by atoms with Crippen LogP contribution < -0.4 is 16.5 Å². The number of fused-ring (bicyclic) bond motifs is 2. The molecule has 1 amide bonds. The van der Waals surface area contributed by atoms with Crippen molar-refractivity contribution in [3.63, 3.8) is 0 Å². The van der Waals surface area contributed by atoms with Gasteiger partial charge in [0.15, 0.2) is 0 Å². The van der Waals surface area contributed by atoms with E-state index in [4.69, 9.17) is 5.73 Å². The second-order valence-electron chi connectivity index (χ2n) is 6.16. The van der Waals surface area contributed by atoms with Crippen molar-refractivity contribution in [2.24, 2.45) is 0 Å². The van der Waals surface area contributed by atoms with Crippen LogP contribution in [-0.2, 0) is 4.79 Å². The van der Waals surface area contributed by atoms with Crippen molar-refractivity contribution in [1.82, 2.24) is 0 Å². The molecule has 7 nitrogen and oxygen atoms in total. The molecule has 0 fully saturated rings. The fourth-order valence-electron chi connectivity index (χ4n) is 2.92. The summed E-state index contributed by atoms with van der Waals surface area (Å²) in [6.07, 6.45) is 0. The minimum Gasteiger partial charge on any atom is -0.508 e. The Balaban J connectivity index is 2.35. The van der Waals surface area contributed by atoms with E-state index in [9.17, 15) is 24.6 Å². The van der Waals surface area contributed by atoms with Gasteiger partial charge < -0.3 is 21.3 Å². The van der Waals surface area contributed by atoms with E-state index in [-0.39, 0.29) is 45.0 Å². The summed E-state index contributed by atoms with van der Waals surface area (Å²) < 4.78 is 0. The molecular weight excluding hydrogens is 335 g/mol. The van der Waals surface area contributed by atoms with E-state index >= 15 is 0 Å². The normalized spacial score (nSPS) is 12.3. The summed E-state index contributed by atoms with van der Waals surface area (Å²) in [5.74, 6) is -2.74. The number of hydrogen-bond donors (Lipinski definition) is 4. The molecule has 8 heteroatoms. The van der Waals surface area contributed by atoms with Gasteiger partial charge in [-0.05, 0) is 30.6 Å². The Morgan fingerprint density at radius 2 is 1.73 bits per heavy atom. The predicted octanol–water partition coefficient (Wildman–Crippen LogP) is 0.228. The van der Waals surface area contributed by atoms with Crippen LogP contribution in [0.2, 0.25) is 0 Å². The molecule has 0 bridgehead atoms. The van der Waals surface area contributed by atoms with Gasteiger partial charge in [0.1, 0.15) is 19.3 Å². The number of phenols is 2. The lowest BCUT2D eigenvalue weighted by atomic mass is 9.78. The number of carbonyl (C=O) groups is 3. The van der Waals surface area contributed by atoms with Crippen LogP contribution in [0.3, 0.4) is 0 Å². The molecule has 0 heterocycles. The third kappa shape index (κ3) is 2.35. The minimum atomic E-state index is -0.716. The summed E-state index contributed by atoms with van der Waals surface area (Å²) in [6, 6.07) is 3.90. The molecule has 0 unspecified atom stereocenters. The molecule has 0 radical (unpaired) electrons. The van der Waals surface area contributed by atoms with Gasteiger partial charge in [-0.1, -0.05) is 6.58 Å². The SMILES string of the molecule is Bc1cc(NC(=O)C(=C)C)c2c(c1O)C(=O)c1c(N)ccc(O)c1C2=O. The fourth-order valence-corrected chi connectivity index (χ4v) is 2.92. The van der Waals surface area contributed by atoms with Gasteiger partial charge in [-0.3, -0.25) is 14.4 Å². The fraction of sp³-hybridized carbons (Fsp3) is 0.0556. The van der Waals surface area contributed by atoms with Gasteiger partial charge in [0.05, 0.1) is 27.9 Å². The number of amides is 1. The van der Waals surface area contributed by atoms with Crippen molar-refractivity contribution in [1.29, 1.82) is 0 Å². The number of nitrogens with one attached hydrogen (secondary N) is 1. The van der Waals surface area contributed by atoms with Gasteiger partial charge in [-0.25, -0.2) is 0 Å². The second kappa shape index (κ2) is 5.77. The van der Waals surface area contributed by atoms with Crippen LogP contribution in [0, 0.1) is 0 Å². The first-order valence-corrected chi connectivity index (χ1v) is 7.69. The minimum absolute atomic E-state index is 0.00947. The average Bonchev–Trinajstić information content (AvgIpc) is 2.57. The summed E-state index contributed by atoms with van der Waals surface area (Å²) in [5.41, 5.74) is 5.51. The molecule has 1 aliphatic rings. The lowest BCUT2D eigenvalue weighted by molar-refractivity contribution is -0.112. The summed E-state index contributed by atoms with van der Waals surface area (Å²) in [5, 5.41) is 23.0. The number of ketones is 2. The monoisotopic (exact) mass is 350 g/mol. The summed E-state index contributed by atoms with van der Waals surface area (Å²) >= 11 is 0. The molecule has 130 valence electrons. The van der Waals surface area contributed by atoms with E-state index in [1.54, 1.807) is 0 Å². The van der Waals surface area contributed by atoms with Gasteiger partial charge in [0.2, 0.25) is 11.6 Å². The first kappa shape index (κ1) is 17.3. The number of hydrogen-bond acceptors (Lipinski definition) is 6. The van der Waals surface area contributed by atoms with Crippen LogP contribution in [0.1, 0.15) is 38.8 Å². The zero-order valence-corrected chi connectivity index (χ0v) is 14.1. The number of rotatable bonds is 2. The van der Waals surface area contributed by atoms with E-state index in [0.717, 1.165) is 0 Å². The molecule has 0 saturated carbocycles. The molecule has 0 aromatic heterocycles. The molecule has 26 heavy (non-hydrogen) atoms. The molecule has 5 N–H and O–H groups in total. The molecule has 0 atom stereocenters. The highest BCUT2D eigenvalue weighted by molar-refractivity contribution is 6.40. The van der Waals surface area contributed by atoms with E-state index in [2.05, 4.69) is 11.9 Å². The average molecular weight is 350 g/mol. The highest BCUT2D eigenvalue weighted by atomic mass is 16.3. The Morgan fingerprint density at radius 1 is 1.12 bits per heavy atom. The van der Waals surface area contributed by atoms with Crippen LogP contribution in [0.25, 0.3) is 0 Å². The number of carbonyl (C=O) groups excluding carboxylic acids is 3. The van der Waals surface area contributed by atoms with Crippen LogP contribution in [0.5, 0.6) is 11.5 Å². The van der Waals surface area contributed by atoms with Gasteiger partial charge >= 0.3 is 0 Å². The molecule has 0 saturated heterocycles. The van der Waals surface area contributed by atoms with E-state index in [1.165, 1.54) is 33.0 Å². The van der Waals surface area contributed by atoms with E-state index in [0.29, 0.717) is 5.46 Å². The number of anilines is 2. The van der Waals surface area contributed by atoms with Gasteiger partial charge in [0, 0.05) is 11.3 Å². The number of aromatic hydroxyl groups is 2. The standard InChI is InChI=1S/C18H15BN2O5/c1-6(2)18(26)21-9-5-7(19)15(23)14-12(9)17(25)13-10(22)4-3-8(20)11(13)16(14)24/h3-5,22-23H,1,19-20H2,2H3,(H,21,26). The van der Waals surface area contributed by atoms with Gasteiger partial charge in [-0.2, -0.15) is 0 Å². The van der Waals surface area contributed by atoms with Crippen LogP contribution >= 0.6 is 0 Å². The smallest absolute Gasteiger partial charge is 0.250 e. The Hall–Kier alpha value is -3.55. The van der Waals surface area contributed by atoms with Crippen LogP contribution in [0.15, 0.2) is 30.4 Å². The molecule has 2 aromatic rings. The highest BCUT2D eigenvalue weighted by Crippen LogP contribution is 2.40. The zero-order valence-electron chi connectivity index (χ0n) is 14.1. The summed E-state index contributed by atoms with van der Waals surface area (Å²) in [6.45, 7) is 5.02. The first-order chi connectivity index (χ1) is 12.1. The quantitative estimate of drug-likeness (QED) is 0.227. The lowest BCUT2D eigenvalue weighted by Crippen LogP contribution is -2.28. The van der Waals surface area contributed by atoms with Crippen molar-refractivity contribution in [3.05, 3.63) is 52.6 Å². The Kier molecular flexibility index (Phi) is 3.83. The van der Waals surface area contributed by atoms with Gasteiger partial charge in [-0.15, -0.1) is 0 Å². The number of nitrogens with two attached hydrogens (primary N) is 1. The largest absolute Gasteiger partial charge is 0.508 e. The maximum absolute atomic E-state index is 13.0. The maximum atomic E-state index is 13.0. The van der Waals surface area contributed by atoms with Crippen LogP contribution in [0.4, 0.5) is 11.4 Å². The van der Waals surface area contributed by atoms with E-state index in [1.807, 2.05) is 0 Å². The summed E-state index contributed by atoms with van der Waals surface area (Å²) in [4.78, 5) is 38.0. The Bertz CT molecular complexity index is 1040. The van der Waals surface area contributed by atoms with Gasteiger partial charge in [0.25, 0.3) is 5.91 Å². The Morgan fingerprint density at radius 3 is 2.35 bits per heavy atom. The maximum Gasteiger partial charge on any atom is 0.250 e.